The molecule has 0 amide bonds. The number of aliphatic hydroxyl groups excluding tert-OH is 1. The van der Waals surface area contributed by atoms with E-state index in [-0.39, 0.29) is 12.2 Å². The molecule has 1 atom stereocenters. The molecule has 80 valence electrons. The lowest BCUT2D eigenvalue weighted by Gasteiger charge is -2.31. The van der Waals surface area contributed by atoms with Crippen molar-refractivity contribution in [3.05, 3.63) is 0 Å². The zero-order valence-corrected chi connectivity index (χ0v) is 9.47. The summed E-state index contributed by atoms with van der Waals surface area (Å²) in [5, 5.41) is 8.66. The van der Waals surface area contributed by atoms with Gasteiger partial charge in [-0.1, -0.05) is 26.7 Å². The molecular formula is C11H24O2. The second-order valence-corrected chi connectivity index (χ2v) is 4.22. The molecule has 1 unspecified atom stereocenters. The van der Waals surface area contributed by atoms with Crippen LogP contribution >= 0.6 is 0 Å². The number of hydrogen-bond acceptors (Lipinski definition) is 2. The Kier molecular flexibility index (Phi) is 6.35. The average Bonchev–Trinajstić information content (AvgIpc) is 2.10. The van der Waals surface area contributed by atoms with E-state index < -0.39 is 0 Å². The monoisotopic (exact) mass is 188 g/mol. The molecule has 0 aliphatic heterocycles. The van der Waals surface area contributed by atoms with Crippen molar-refractivity contribution < 1.29 is 9.84 Å². The third kappa shape index (κ3) is 5.27. The smallest absolute Gasteiger partial charge is 0.0705 e. The van der Waals surface area contributed by atoms with Crippen molar-refractivity contribution in [3.63, 3.8) is 0 Å². The van der Waals surface area contributed by atoms with Gasteiger partial charge in [-0.25, -0.2) is 0 Å². The van der Waals surface area contributed by atoms with E-state index in [1.54, 1.807) is 0 Å². The highest BCUT2D eigenvalue weighted by molar-refractivity contribution is 4.75. The van der Waals surface area contributed by atoms with Gasteiger partial charge < -0.3 is 9.84 Å². The molecule has 0 bridgehead atoms. The van der Waals surface area contributed by atoms with Gasteiger partial charge in [-0.05, 0) is 26.2 Å². The minimum atomic E-state index is -0.0993. The summed E-state index contributed by atoms with van der Waals surface area (Å²) in [6, 6.07) is 0. The fraction of sp³-hybridized carbons (Fsp3) is 1.00. The second-order valence-electron chi connectivity index (χ2n) is 4.22. The molecular weight excluding hydrogens is 164 g/mol. The van der Waals surface area contributed by atoms with E-state index in [0.717, 1.165) is 0 Å². The topological polar surface area (TPSA) is 29.5 Å². The molecule has 0 aliphatic carbocycles. The molecule has 2 nitrogen and oxygen atoms in total. The summed E-state index contributed by atoms with van der Waals surface area (Å²) >= 11 is 0. The van der Waals surface area contributed by atoms with Crippen LogP contribution < -0.4 is 0 Å². The maximum absolute atomic E-state index is 8.66. The van der Waals surface area contributed by atoms with Crippen LogP contribution in [0.3, 0.4) is 0 Å². The first-order chi connectivity index (χ1) is 6.04. The van der Waals surface area contributed by atoms with Gasteiger partial charge in [0.1, 0.15) is 0 Å². The van der Waals surface area contributed by atoms with Crippen molar-refractivity contribution in [2.24, 2.45) is 5.92 Å². The zero-order valence-electron chi connectivity index (χ0n) is 9.47. The molecule has 0 aromatic rings. The van der Waals surface area contributed by atoms with Crippen molar-refractivity contribution in [2.45, 2.75) is 52.6 Å². The largest absolute Gasteiger partial charge is 0.394 e. The highest BCUT2D eigenvalue weighted by atomic mass is 16.5. The minimum absolute atomic E-state index is 0.0993. The fourth-order valence-corrected chi connectivity index (χ4v) is 1.31. The molecule has 13 heavy (non-hydrogen) atoms. The van der Waals surface area contributed by atoms with Crippen LogP contribution in [-0.4, -0.2) is 23.9 Å². The molecule has 0 aliphatic rings. The first kappa shape index (κ1) is 12.9. The molecule has 0 saturated heterocycles. The van der Waals surface area contributed by atoms with Crippen LogP contribution in [-0.2, 0) is 4.74 Å². The highest BCUT2D eigenvalue weighted by Crippen LogP contribution is 2.25. The Morgan fingerprint density at radius 2 is 2.00 bits per heavy atom. The number of rotatable bonds is 7. The van der Waals surface area contributed by atoms with Gasteiger partial charge in [0.05, 0.1) is 18.8 Å². The van der Waals surface area contributed by atoms with Crippen LogP contribution in [0.25, 0.3) is 0 Å². The Labute approximate surface area is 82.3 Å². The maximum atomic E-state index is 8.66. The molecule has 2 heteroatoms. The zero-order chi connectivity index (χ0) is 10.3. The van der Waals surface area contributed by atoms with Crippen molar-refractivity contribution in [1.82, 2.24) is 0 Å². The molecule has 0 rings (SSSR count). The van der Waals surface area contributed by atoms with E-state index in [2.05, 4.69) is 27.7 Å². The van der Waals surface area contributed by atoms with E-state index in [9.17, 15) is 0 Å². The summed E-state index contributed by atoms with van der Waals surface area (Å²) in [7, 11) is 0. The van der Waals surface area contributed by atoms with E-state index in [4.69, 9.17) is 9.84 Å². The molecule has 0 saturated carbocycles. The quantitative estimate of drug-likeness (QED) is 0.665. The Morgan fingerprint density at radius 3 is 2.46 bits per heavy atom. The van der Waals surface area contributed by atoms with Crippen LogP contribution in [0, 0.1) is 5.92 Å². The van der Waals surface area contributed by atoms with E-state index in [1.807, 2.05) is 0 Å². The number of hydrogen-bond donors (Lipinski definition) is 1. The van der Waals surface area contributed by atoms with Crippen LogP contribution in [0.15, 0.2) is 0 Å². The lowest BCUT2D eigenvalue weighted by Crippen LogP contribution is -2.33. The van der Waals surface area contributed by atoms with Gasteiger partial charge >= 0.3 is 0 Å². The predicted molar refractivity (Wildman–Crippen MR) is 55.8 cm³/mol. The molecule has 0 radical (unpaired) electrons. The Bertz CT molecular complexity index is 121. The van der Waals surface area contributed by atoms with E-state index in [0.29, 0.717) is 12.5 Å². The summed E-state index contributed by atoms with van der Waals surface area (Å²) in [5.74, 6) is 0.555. The van der Waals surface area contributed by atoms with Crippen LogP contribution in [0.4, 0.5) is 0 Å². The fourth-order valence-electron chi connectivity index (χ4n) is 1.31. The van der Waals surface area contributed by atoms with Gasteiger partial charge in [-0.3, -0.25) is 0 Å². The lowest BCUT2D eigenvalue weighted by molar-refractivity contribution is -0.0688. The summed E-state index contributed by atoms with van der Waals surface area (Å²) in [4.78, 5) is 0. The van der Waals surface area contributed by atoms with Gasteiger partial charge in [0.2, 0.25) is 0 Å². The van der Waals surface area contributed by atoms with Crippen molar-refractivity contribution in [3.8, 4) is 0 Å². The van der Waals surface area contributed by atoms with Crippen LogP contribution in [0.2, 0.25) is 0 Å². The summed E-state index contributed by atoms with van der Waals surface area (Å²) in [5.41, 5.74) is -0.0993. The minimum Gasteiger partial charge on any atom is -0.394 e. The van der Waals surface area contributed by atoms with Gasteiger partial charge in [0, 0.05) is 0 Å². The number of aliphatic hydroxyl groups is 1. The second kappa shape index (κ2) is 6.39. The maximum Gasteiger partial charge on any atom is 0.0705 e. The average molecular weight is 188 g/mol. The van der Waals surface area contributed by atoms with Crippen molar-refractivity contribution in [1.29, 1.82) is 0 Å². The molecule has 0 aromatic heterocycles. The highest BCUT2D eigenvalue weighted by Gasteiger charge is 2.25. The summed E-state index contributed by atoms with van der Waals surface area (Å²) in [6.07, 6.45) is 3.70. The van der Waals surface area contributed by atoms with Gasteiger partial charge in [0.25, 0.3) is 0 Å². The van der Waals surface area contributed by atoms with Crippen molar-refractivity contribution in [2.75, 3.05) is 13.2 Å². The molecule has 1 N–H and O–H groups in total. The Balaban J connectivity index is 3.80. The number of unbranched alkanes of at least 4 members (excludes halogenated alkanes) is 1. The van der Waals surface area contributed by atoms with E-state index >= 15 is 0 Å². The molecule has 0 heterocycles. The summed E-state index contributed by atoms with van der Waals surface area (Å²) in [6.45, 7) is 9.18. The van der Waals surface area contributed by atoms with Crippen LogP contribution in [0.5, 0.6) is 0 Å². The van der Waals surface area contributed by atoms with Gasteiger partial charge in [-0.15, -0.1) is 0 Å². The SMILES string of the molecule is CCCCC(C)C(C)(C)OCCO. The first-order valence-corrected chi connectivity index (χ1v) is 5.29. The third-order valence-corrected chi connectivity index (χ3v) is 2.74. The standard InChI is InChI=1S/C11H24O2/c1-5-6-7-10(2)11(3,4)13-9-8-12/h10,12H,5-9H2,1-4H3. The number of ether oxygens (including phenoxy) is 1. The van der Waals surface area contributed by atoms with Gasteiger partial charge in [0.15, 0.2) is 0 Å². The van der Waals surface area contributed by atoms with Crippen LogP contribution in [0.1, 0.15) is 47.0 Å². The molecule has 0 fully saturated rings. The normalized spacial score (nSPS) is 14.5. The lowest BCUT2D eigenvalue weighted by atomic mass is 9.88. The predicted octanol–water partition coefficient (Wildman–Crippen LogP) is 2.60. The Hall–Kier alpha value is -0.0800. The first-order valence-electron chi connectivity index (χ1n) is 5.29. The summed E-state index contributed by atoms with van der Waals surface area (Å²) < 4.78 is 5.59. The third-order valence-electron chi connectivity index (χ3n) is 2.74. The van der Waals surface area contributed by atoms with Gasteiger partial charge in [-0.2, -0.15) is 0 Å². The van der Waals surface area contributed by atoms with E-state index in [1.165, 1.54) is 19.3 Å². The molecule has 0 spiro atoms. The van der Waals surface area contributed by atoms with Crippen molar-refractivity contribution >= 4 is 0 Å². The Morgan fingerprint density at radius 1 is 1.38 bits per heavy atom. The molecule has 0 aromatic carbocycles.